The lowest BCUT2D eigenvalue weighted by Crippen LogP contribution is -2.04. The second-order valence-corrected chi connectivity index (χ2v) is 3.68. The summed E-state index contributed by atoms with van der Waals surface area (Å²) in [6.45, 7) is 3.82. The van der Waals surface area contributed by atoms with E-state index in [1.165, 1.54) is 6.07 Å². The topological polar surface area (TPSA) is 46.5 Å². The van der Waals surface area contributed by atoms with Gasteiger partial charge in [-0.25, -0.2) is 4.79 Å². The number of rotatable bonds is 2. The highest BCUT2D eigenvalue weighted by atomic mass is 79.9. The number of halogens is 1. The SMILES string of the molecule is CCOC(=O)c1cc(O)c(C)c(Br)c1. The summed E-state index contributed by atoms with van der Waals surface area (Å²) in [6, 6.07) is 3.03. The van der Waals surface area contributed by atoms with Gasteiger partial charge in [0.15, 0.2) is 0 Å². The van der Waals surface area contributed by atoms with Crippen LogP contribution in [0.3, 0.4) is 0 Å². The number of hydrogen-bond donors (Lipinski definition) is 1. The van der Waals surface area contributed by atoms with E-state index in [1.54, 1.807) is 19.9 Å². The molecule has 14 heavy (non-hydrogen) atoms. The van der Waals surface area contributed by atoms with Crippen molar-refractivity contribution in [1.82, 2.24) is 0 Å². The zero-order chi connectivity index (χ0) is 10.7. The molecule has 0 heterocycles. The molecule has 4 heteroatoms. The van der Waals surface area contributed by atoms with Crippen molar-refractivity contribution in [1.29, 1.82) is 0 Å². The molecular formula is C10H11BrO3. The normalized spacial score (nSPS) is 9.93. The molecule has 1 N–H and O–H groups in total. The maximum absolute atomic E-state index is 11.3. The first kappa shape index (κ1) is 11.0. The van der Waals surface area contributed by atoms with Gasteiger partial charge in [0.2, 0.25) is 0 Å². The highest BCUT2D eigenvalue weighted by molar-refractivity contribution is 9.10. The Kier molecular flexibility index (Phi) is 3.52. The average molecular weight is 259 g/mol. The van der Waals surface area contributed by atoms with Crippen molar-refractivity contribution in [3.05, 3.63) is 27.7 Å². The van der Waals surface area contributed by atoms with Gasteiger partial charge in [0.1, 0.15) is 5.75 Å². The van der Waals surface area contributed by atoms with Crippen molar-refractivity contribution in [2.24, 2.45) is 0 Å². The summed E-state index contributed by atoms with van der Waals surface area (Å²) in [5.41, 5.74) is 1.06. The summed E-state index contributed by atoms with van der Waals surface area (Å²) >= 11 is 3.25. The minimum absolute atomic E-state index is 0.0856. The smallest absolute Gasteiger partial charge is 0.338 e. The van der Waals surface area contributed by atoms with Crippen molar-refractivity contribution in [2.75, 3.05) is 6.61 Å². The molecule has 0 amide bonds. The summed E-state index contributed by atoms with van der Waals surface area (Å²) in [6.07, 6.45) is 0. The summed E-state index contributed by atoms with van der Waals surface area (Å²) in [5.74, 6) is -0.342. The van der Waals surface area contributed by atoms with E-state index in [-0.39, 0.29) is 5.75 Å². The predicted molar refractivity (Wildman–Crippen MR) is 56.5 cm³/mol. The lowest BCUT2D eigenvalue weighted by molar-refractivity contribution is 0.0526. The Morgan fingerprint density at radius 2 is 2.21 bits per heavy atom. The van der Waals surface area contributed by atoms with Crippen LogP contribution < -0.4 is 0 Å². The van der Waals surface area contributed by atoms with Crippen LogP contribution in [0.1, 0.15) is 22.8 Å². The summed E-state index contributed by atoms with van der Waals surface area (Å²) in [4.78, 5) is 11.3. The summed E-state index contributed by atoms with van der Waals surface area (Å²) < 4.78 is 5.50. The zero-order valence-electron chi connectivity index (χ0n) is 8.00. The third-order valence-corrected chi connectivity index (χ3v) is 2.65. The third kappa shape index (κ3) is 2.26. The summed E-state index contributed by atoms with van der Waals surface area (Å²) in [5, 5.41) is 9.46. The molecule has 76 valence electrons. The maximum atomic E-state index is 11.3. The first-order valence-electron chi connectivity index (χ1n) is 4.22. The van der Waals surface area contributed by atoms with E-state index in [9.17, 15) is 9.90 Å². The Bertz CT molecular complexity index is 337. The number of phenolic OH excluding ortho intramolecular Hbond substituents is 1. The van der Waals surface area contributed by atoms with Crippen molar-refractivity contribution < 1.29 is 14.6 Å². The van der Waals surface area contributed by atoms with Gasteiger partial charge in [-0.05, 0) is 26.0 Å². The molecule has 0 saturated carbocycles. The van der Waals surface area contributed by atoms with Gasteiger partial charge < -0.3 is 9.84 Å². The molecule has 0 radical (unpaired) electrons. The van der Waals surface area contributed by atoms with Crippen LogP contribution in [-0.2, 0) is 4.74 Å². The number of esters is 1. The zero-order valence-corrected chi connectivity index (χ0v) is 9.59. The number of aromatic hydroxyl groups is 1. The van der Waals surface area contributed by atoms with Gasteiger partial charge in [-0.2, -0.15) is 0 Å². The van der Waals surface area contributed by atoms with E-state index in [2.05, 4.69) is 15.9 Å². The second kappa shape index (κ2) is 4.46. The van der Waals surface area contributed by atoms with Crippen LogP contribution in [0.15, 0.2) is 16.6 Å². The molecule has 0 unspecified atom stereocenters. The first-order chi connectivity index (χ1) is 6.56. The van der Waals surface area contributed by atoms with E-state index < -0.39 is 5.97 Å². The van der Waals surface area contributed by atoms with Crippen LogP contribution in [0.2, 0.25) is 0 Å². The number of hydrogen-bond acceptors (Lipinski definition) is 3. The minimum atomic E-state index is -0.427. The second-order valence-electron chi connectivity index (χ2n) is 2.82. The number of carbonyl (C=O) groups excluding carboxylic acids is 1. The number of carbonyl (C=O) groups is 1. The first-order valence-corrected chi connectivity index (χ1v) is 5.01. The van der Waals surface area contributed by atoms with E-state index in [1.807, 2.05) is 0 Å². The van der Waals surface area contributed by atoms with Gasteiger partial charge in [-0.1, -0.05) is 15.9 Å². The van der Waals surface area contributed by atoms with Gasteiger partial charge in [-0.15, -0.1) is 0 Å². The van der Waals surface area contributed by atoms with E-state index in [0.29, 0.717) is 22.2 Å². The van der Waals surface area contributed by atoms with E-state index in [0.717, 1.165) is 0 Å². The molecule has 0 aliphatic rings. The molecule has 0 aliphatic carbocycles. The Labute approximate surface area is 90.8 Å². The Hall–Kier alpha value is -1.03. The van der Waals surface area contributed by atoms with Crippen molar-refractivity contribution in [3.63, 3.8) is 0 Å². The van der Waals surface area contributed by atoms with Crippen LogP contribution in [0.25, 0.3) is 0 Å². The minimum Gasteiger partial charge on any atom is -0.508 e. The monoisotopic (exact) mass is 258 g/mol. The van der Waals surface area contributed by atoms with Gasteiger partial charge in [0.05, 0.1) is 12.2 Å². The molecule has 3 nitrogen and oxygen atoms in total. The molecule has 0 aromatic heterocycles. The fraction of sp³-hybridized carbons (Fsp3) is 0.300. The lowest BCUT2D eigenvalue weighted by atomic mass is 10.1. The Morgan fingerprint density at radius 1 is 1.57 bits per heavy atom. The molecule has 0 saturated heterocycles. The molecule has 0 fully saturated rings. The van der Waals surface area contributed by atoms with Gasteiger partial charge in [0.25, 0.3) is 0 Å². The molecular weight excluding hydrogens is 248 g/mol. The van der Waals surface area contributed by atoms with Crippen molar-refractivity contribution in [2.45, 2.75) is 13.8 Å². The predicted octanol–water partition coefficient (Wildman–Crippen LogP) is 2.64. The van der Waals surface area contributed by atoms with Crippen LogP contribution >= 0.6 is 15.9 Å². The largest absolute Gasteiger partial charge is 0.508 e. The van der Waals surface area contributed by atoms with Gasteiger partial charge in [0, 0.05) is 10.0 Å². The number of ether oxygens (including phenoxy) is 1. The van der Waals surface area contributed by atoms with Crippen molar-refractivity contribution in [3.8, 4) is 5.75 Å². The molecule has 0 spiro atoms. The Morgan fingerprint density at radius 3 is 2.71 bits per heavy atom. The summed E-state index contributed by atoms with van der Waals surface area (Å²) in [7, 11) is 0. The third-order valence-electron chi connectivity index (χ3n) is 1.83. The fourth-order valence-corrected chi connectivity index (χ4v) is 1.45. The Balaban J connectivity index is 3.06. The van der Waals surface area contributed by atoms with Crippen LogP contribution in [0, 0.1) is 6.92 Å². The highest BCUT2D eigenvalue weighted by Gasteiger charge is 2.11. The molecule has 1 aromatic carbocycles. The molecule has 0 aliphatic heterocycles. The lowest BCUT2D eigenvalue weighted by Gasteiger charge is -2.06. The molecule has 1 aromatic rings. The van der Waals surface area contributed by atoms with Gasteiger partial charge in [-0.3, -0.25) is 0 Å². The molecule has 0 bridgehead atoms. The number of phenols is 1. The average Bonchev–Trinajstić information content (AvgIpc) is 2.13. The quantitative estimate of drug-likeness (QED) is 0.830. The van der Waals surface area contributed by atoms with Crippen LogP contribution in [0.4, 0.5) is 0 Å². The molecule has 0 atom stereocenters. The maximum Gasteiger partial charge on any atom is 0.338 e. The number of benzene rings is 1. The van der Waals surface area contributed by atoms with Crippen LogP contribution in [0.5, 0.6) is 5.75 Å². The van der Waals surface area contributed by atoms with Gasteiger partial charge >= 0.3 is 5.97 Å². The standard InChI is InChI=1S/C10H11BrO3/c1-3-14-10(13)7-4-8(11)6(2)9(12)5-7/h4-5,12H,3H2,1-2H3. The van der Waals surface area contributed by atoms with E-state index >= 15 is 0 Å². The molecule has 1 rings (SSSR count). The van der Waals surface area contributed by atoms with Crippen molar-refractivity contribution >= 4 is 21.9 Å². The highest BCUT2D eigenvalue weighted by Crippen LogP contribution is 2.27. The van der Waals surface area contributed by atoms with E-state index in [4.69, 9.17) is 4.74 Å². The van der Waals surface area contributed by atoms with Crippen LogP contribution in [-0.4, -0.2) is 17.7 Å². The fourth-order valence-electron chi connectivity index (χ4n) is 0.997.